The first-order valence-corrected chi connectivity index (χ1v) is 37.5. The monoisotopic (exact) mass is 1570 g/mol. The first kappa shape index (κ1) is 76.9. The van der Waals surface area contributed by atoms with Gasteiger partial charge in [0.25, 0.3) is 53.8 Å². The average molecular weight is 1570 g/mol. The van der Waals surface area contributed by atoms with Crippen LogP contribution < -0.4 is 73.9 Å². The molecule has 12 heterocycles. The van der Waals surface area contributed by atoms with Crippen molar-refractivity contribution in [1.82, 2.24) is 68.5 Å². The number of phosphoric ester groups is 3. The summed E-state index contributed by atoms with van der Waals surface area (Å²) >= 11 is 0. The van der Waals surface area contributed by atoms with Crippen molar-refractivity contribution in [3.05, 3.63) is 56.4 Å². The van der Waals surface area contributed by atoms with Crippen LogP contribution >= 0.6 is 39.1 Å². The first-order valence-electron chi connectivity index (χ1n) is 30.2. The Morgan fingerprint density at radius 3 is 1.57 bits per heavy atom. The molecule has 0 radical (unpaired) electrons. The molecule has 4 saturated heterocycles. The largest absolute Gasteiger partial charge is 0.756 e. The molecule has 572 valence electrons. The lowest BCUT2D eigenvalue weighted by molar-refractivity contribution is -0.885. The number of imidazole rings is 3. The molecule has 14 N–H and O–H groups in total. The van der Waals surface area contributed by atoms with E-state index in [1.165, 1.54) is 11.9 Å². The number of aliphatic hydroxyl groups excluding tert-OH is 2. The summed E-state index contributed by atoms with van der Waals surface area (Å²) in [6, 6.07) is 0. The molecule has 7 aromatic rings. The quantitative estimate of drug-likeness (QED) is 0.0114. The van der Waals surface area contributed by atoms with Crippen LogP contribution in [0, 0.1) is 0 Å². The fourth-order valence-electron chi connectivity index (χ4n) is 12.2. The van der Waals surface area contributed by atoms with E-state index < -0.39 is 192 Å². The number of anilines is 5. The van der Waals surface area contributed by atoms with Gasteiger partial charge < -0.3 is 123 Å². The number of nitrogens with zero attached hydrogens (tertiary/aromatic N) is 12. The van der Waals surface area contributed by atoms with E-state index >= 15 is 0 Å². The van der Waals surface area contributed by atoms with Crippen LogP contribution in [-0.4, -0.2) is 226 Å². The standard InChI is InChI=1S/C47H67N20O32P5/c1-16(2)90-28-19(92-41(26(28)69)65-13-55-22-35(65)57-45(49)60-38(22)70)9-87-100(73,74)96-30-20(94-44(32(30)85-6)66-14-56-23-36(66)58-46(50)61-39(23)71)10-88-101(75,76)95-29-17(93-43(31(29)84-5)64-12-54-21-33(48)52-11-53-34(21)64)7-86-97-103(79,80)99-104(81,82)98-102(77,78)89-8-18-27(83-4)25(68)42(91-18)67-15-63(3)24-37(67)59-47(51)62-40(24)72/h11-14,16-20,25-32,41-44,68-69H,7-10,15H2,1-6H3,(H,73,74)(H,75,76)(H,77,78)(H,79,80)(H,81,82)(H2,48,52,53)(H3,49,57,60,70)(H3,50,58,61,71)(H3,51,59,62,72)/p-4/t17-,18-,19-,20-,25?,26+,27+,28?,29?,30?,31+,32+,41-,42-,43-,44-/m1/s1. The molecular formula is C47H63N20O32P5-4. The maximum absolute atomic E-state index is 14.3. The number of aromatic amines is 3. The van der Waals surface area contributed by atoms with Crippen molar-refractivity contribution >= 4 is 108 Å². The Balaban J connectivity index is 0.739. The number of hydrogen-bond donors (Lipinski definition) is 10. The van der Waals surface area contributed by atoms with E-state index in [1.54, 1.807) is 13.8 Å². The molecule has 12 rings (SSSR count). The SMILES string of the molecule is CO[C@@H]1C(O)[C@H]([NH+]2CN(C)c3c2nc(N)[nH]c3=O)O[C@@H]1COP(=O)([O-])OP(=O)([O-])OP(=O)([O-])OOC[C@H]1O[C@@H](n2cnc3c(N)ncnc32)[C@@H](OC)C1OP(=O)([O-])OC[C@H]1O[C@@H](n2cnc3c(=O)[nH]c(N)nc32)[C@@H](OC)C1OP(=O)([O-])OC[C@H]1O[C@@H](n2cnc3c(=O)[nH]c(N)nc32)[C@@H](O)C1OC(C)C. The maximum atomic E-state index is 14.3. The van der Waals surface area contributed by atoms with E-state index in [0.717, 1.165) is 60.3 Å². The maximum Gasteiger partial charge on any atom is 0.304 e. The molecule has 5 aliphatic heterocycles. The number of methoxy groups -OCH3 is 3. The Labute approximate surface area is 579 Å². The lowest BCUT2D eigenvalue weighted by atomic mass is 10.1. The van der Waals surface area contributed by atoms with Crippen molar-refractivity contribution in [3.8, 4) is 0 Å². The summed E-state index contributed by atoms with van der Waals surface area (Å²) in [6.07, 6.45) is -22.8. The molecule has 52 nitrogen and oxygen atoms in total. The average Bonchev–Trinajstić information content (AvgIpc) is 1.61. The number of phosphoric acid groups is 5. The molecule has 0 aliphatic carbocycles. The summed E-state index contributed by atoms with van der Waals surface area (Å²) in [6.45, 7) is -1.54. The molecule has 10 unspecified atom stereocenters. The van der Waals surface area contributed by atoms with Gasteiger partial charge >= 0.3 is 7.82 Å². The summed E-state index contributed by atoms with van der Waals surface area (Å²) in [4.78, 5) is 152. The fourth-order valence-corrected chi connectivity index (χ4v) is 17.3. The summed E-state index contributed by atoms with van der Waals surface area (Å²) in [7, 11) is -26.5. The second kappa shape index (κ2) is 29.8. The van der Waals surface area contributed by atoms with E-state index in [-0.39, 0.29) is 74.3 Å². The van der Waals surface area contributed by atoms with Gasteiger partial charge in [-0.3, -0.25) is 65.9 Å². The summed E-state index contributed by atoms with van der Waals surface area (Å²) in [5.74, 6) is -1.13. The topological polar surface area (TPSA) is 726 Å². The zero-order valence-corrected chi connectivity index (χ0v) is 58.7. The number of hydrogen-bond acceptors (Lipinski definition) is 45. The zero-order chi connectivity index (χ0) is 75.0. The van der Waals surface area contributed by atoms with Crippen LogP contribution in [0.5, 0.6) is 0 Å². The molecule has 0 amide bonds. The molecule has 7 aromatic heterocycles. The minimum Gasteiger partial charge on any atom is -0.756 e. The molecule has 5 aliphatic rings. The number of ether oxygens (including phenoxy) is 8. The number of nitrogens with one attached hydrogen (secondary N) is 4. The number of rotatable bonds is 30. The molecule has 0 saturated carbocycles. The highest BCUT2D eigenvalue weighted by Gasteiger charge is 2.56. The van der Waals surface area contributed by atoms with Gasteiger partial charge in [-0.2, -0.15) is 19.6 Å². The highest BCUT2D eigenvalue weighted by Crippen LogP contribution is 2.63. The Morgan fingerprint density at radius 2 is 1.02 bits per heavy atom. The van der Waals surface area contributed by atoms with Crippen LogP contribution in [0.1, 0.15) is 32.5 Å². The van der Waals surface area contributed by atoms with Crippen molar-refractivity contribution < 1.29 is 141 Å². The van der Waals surface area contributed by atoms with E-state index in [9.17, 15) is 71.9 Å². The number of quaternary nitrogens is 1. The van der Waals surface area contributed by atoms with Crippen LogP contribution in [0.15, 0.2) is 39.7 Å². The van der Waals surface area contributed by atoms with E-state index in [4.69, 9.17) is 83.8 Å². The Morgan fingerprint density at radius 1 is 0.558 bits per heavy atom. The minimum atomic E-state index is -6.66. The van der Waals surface area contributed by atoms with Gasteiger partial charge in [0, 0.05) is 28.4 Å². The first-order chi connectivity index (χ1) is 49.0. The molecule has 0 aromatic carbocycles. The molecule has 0 bridgehead atoms. The molecule has 57 heteroatoms. The van der Waals surface area contributed by atoms with Crippen molar-refractivity contribution in [3.63, 3.8) is 0 Å². The van der Waals surface area contributed by atoms with Gasteiger partial charge in [-0.1, -0.05) is 0 Å². The van der Waals surface area contributed by atoms with E-state index in [2.05, 4.69) is 72.6 Å². The van der Waals surface area contributed by atoms with Crippen LogP contribution in [0.3, 0.4) is 0 Å². The second-order valence-corrected chi connectivity index (χ2v) is 30.6. The number of fused-ring (bicyclic) bond motifs is 4. The van der Waals surface area contributed by atoms with E-state index in [1.807, 2.05) is 0 Å². The van der Waals surface area contributed by atoms with Crippen LogP contribution in [-0.2, 0) is 102 Å². The number of H-pyrrole nitrogens is 3. The van der Waals surface area contributed by atoms with Crippen LogP contribution in [0.2, 0.25) is 0 Å². The van der Waals surface area contributed by atoms with Crippen LogP contribution in [0.4, 0.5) is 35.2 Å². The van der Waals surface area contributed by atoms with Gasteiger partial charge in [0.1, 0.15) is 85.6 Å². The predicted octanol–water partition coefficient (Wildman–Crippen LogP) is -7.75. The molecule has 4 fully saturated rings. The van der Waals surface area contributed by atoms with Crippen molar-refractivity contribution in [1.29, 1.82) is 0 Å². The highest BCUT2D eigenvalue weighted by atomic mass is 31.3. The normalized spacial score (nSPS) is 30.9. The summed E-state index contributed by atoms with van der Waals surface area (Å²) in [5, 5.41) is 22.8. The van der Waals surface area contributed by atoms with Crippen molar-refractivity contribution in [2.24, 2.45) is 0 Å². The second-order valence-electron chi connectivity index (χ2n) is 23.5. The number of nitrogens with two attached hydrogens (primary N) is 4. The third-order valence-electron chi connectivity index (χ3n) is 16.4. The van der Waals surface area contributed by atoms with Gasteiger partial charge in [-0.25, -0.2) is 43.3 Å². The summed E-state index contributed by atoms with van der Waals surface area (Å²) < 4.78 is 156. The fraction of sp³-hybridized carbons (Fsp3) is 0.596. The lowest BCUT2D eigenvalue weighted by Crippen LogP contribution is -3.12. The van der Waals surface area contributed by atoms with Gasteiger partial charge in [0.05, 0.1) is 44.9 Å². The van der Waals surface area contributed by atoms with Crippen molar-refractivity contribution in [2.75, 3.05) is 89.3 Å². The Bertz CT molecular complexity index is 4780. The Hall–Kier alpha value is -6.72. The van der Waals surface area contributed by atoms with Gasteiger partial charge in [-0.15, -0.1) is 0 Å². The van der Waals surface area contributed by atoms with Gasteiger partial charge in [0.15, 0.2) is 70.9 Å². The summed E-state index contributed by atoms with van der Waals surface area (Å²) in [5.41, 5.74) is 20.3. The van der Waals surface area contributed by atoms with Crippen molar-refractivity contribution in [2.45, 2.75) is 118 Å². The number of aromatic nitrogens is 14. The lowest BCUT2D eigenvalue weighted by Gasteiger charge is -2.34. The van der Waals surface area contributed by atoms with E-state index in [0.29, 0.717) is 0 Å². The Kier molecular flexibility index (Phi) is 22.0. The smallest absolute Gasteiger partial charge is 0.304 e. The third-order valence-corrected chi connectivity index (χ3v) is 22.3. The minimum absolute atomic E-state index is 0.0258. The van der Waals surface area contributed by atoms with Crippen LogP contribution in [0.25, 0.3) is 33.5 Å². The molecule has 0 spiro atoms. The molecule has 22 atom stereocenters. The third kappa shape index (κ3) is 15.8. The van der Waals surface area contributed by atoms with Gasteiger partial charge in [-0.05, 0) is 13.8 Å². The highest BCUT2D eigenvalue weighted by molar-refractivity contribution is 7.65. The predicted molar refractivity (Wildman–Crippen MR) is 328 cm³/mol. The zero-order valence-electron chi connectivity index (χ0n) is 54.2. The molecular weight excluding hydrogens is 1510 g/mol. The van der Waals surface area contributed by atoms with Gasteiger partial charge in [0.2, 0.25) is 24.1 Å². The number of nitrogen functional groups attached to an aromatic ring is 4. The number of aliphatic hydroxyl groups is 2. The molecule has 104 heavy (non-hydrogen) atoms.